The SMILES string of the molecule is C1=CCCCCCC1.Cc1cc(-c2ccc(-c3ccc(=O)[nH]n3)c3[nH]ncc23)ccn1. The molecule has 3 aromatic heterocycles. The number of rotatable bonds is 2. The van der Waals surface area contributed by atoms with E-state index in [1.54, 1.807) is 18.5 Å². The second-order valence-corrected chi connectivity index (χ2v) is 7.77. The maximum atomic E-state index is 11.2. The highest BCUT2D eigenvalue weighted by Crippen LogP contribution is 2.33. The van der Waals surface area contributed by atoms with Gasteiger partial charge in [-0.05, 0) is 68.0 Å². The van der Waals surface area contributed by atoms with E-state index in [0.29, 0.717) is 5.69 Å². The second kappa shape index (κ2) is 9.98. The number of fused-ring (bicyclic) bond motifs is 1. The molecule has 2 N–H and O–H groups in total. The van der Waals surface area contributed by atoms with Gasteiger partial charge in [-0.25, -0.2) is 5.10 Å². The minimum atomic E-state index is -0.224. The van der Waals surface area contributed by atoms with Gasteiger partial charge in [-0.3, -0.25) is 14.9 Å². The lowest BCUT2D eigenvalue weighted by Crippen LogP contribution is -2.05. The molecular formula is C25H27N5O. The second-order valence-electron chi connectivity index (χ2n) is 7.77. The van der Waals surface area contributed by atoms with Crippen LogP contribution in [-0.4, -0.2) is 25.4 Å². The van der Waals surface area contributed by atoms with Gasteiger partial charge >= 0.3 is 0 Å². The molecule has 0 atom stereocenters. The van der Waals surface area contributed by atoms with Gasteiger partial charge in [0.2, 0.25) is 0 Å². The van der Waals surface area contributed by atoms with Crippen LogP contribution in [0.2, 0.25) is 0 Å². The van der Waals surface area contributed by atoms with Crippen LogP contribution in [0.1, 0.15) is 44.2 Å². The van der Waals surface area contributed by atoms with Gasteiger partial charge in [-0.1, -0.05) is 31.1 Å². The number of nitrogens with zero attached hydrogens (tertiary/aromatic N) is 3. The smallest absolute Gasteiger partial charge is 0.264 e. The third kappa shape index (κ3) is 5.15. The van der Waals surface area contributed by atoms with Crippen molar-refractivity contribution in [1.82, 2.24) is 25.4 Å². The van der Waals surface area contributed by atoms with Gasteiger partial charge in [0.1, 0.15) is 0 Å². The van der Waals surface area contributed by atoms with Gasteiger partial charge in [-0.15, -0.1) is 0 Å². The minimum Gasteiger partial charge on any atom is -0.277 e. The molecule has 0 fully saturated rings. The van der Waals surface area contributed by atoms with Crippen molar-refractivity contribution in [3.05, 3.63) is 77.0 Å². The zero-order valence-corrected chi connectivity index (χ0v) is 17.8. The lowest BCUT2D eigenvalue weighted by molar-refractivity contribution is 0.638. The van der Waals surface area contributed by atoms with Crippen molar-refractivity contribution in [1.29, 1.82) is 0 Å². The topological polar surface area (TPSA) is 87.3 Å². The van der Waals surface area contributed by atoms with E-state index >= 15 is 0 Å². The Morgan fingerprint density at radius 2 is 1.65 bits per heavy atom. The number of aromatic amines is 2. The van der Waals surface area contributed by atoms with Gasteiger partial charge in [0.25, 0.3) is 5.56 Å². The van der Waals surface area contributed by atoms with Crippen molar-refractivity contribution in [3.63, 3.8) is 0 Å². The molecule has 31 heavy (non-hydrogen) atoms. The Bertz CT molecular complexity index is 1210. The number of aromatic nitrogens is 5. The molecule has 5 rings (SSSR count). The molecule has 3 heterocycles. The van der Waals surface area contributed by atoms with Gasteiger partial charge in [-0.2, -0.15) is 10.2 Å². The summed E-state index contributed by atoms with van der Waals surface area (Å²) in [5.41, 5.74) is 5.37. The number of nitrogens with one attached hydrogen (secondary N) is 2. The largest absolute Gasteiger partial charge is 0.277 e. The molecule has 0 bridgehead atoms. The molecule has 0 saturated carbocycles. The predicted molar refractivity (Wildman–Crippen MR) is 125 cm³/mol. The Morgan fingerprint density at radius 1 is 0.871 bits per heavy atom. The number of allylic oxidation sites excluding steroid dienone is 2. The molecule has 1 aliphatic carbocycles. The van der Waals surface area contributed by atoms with Crippen LogP contribution in [-0.2, 0) is 0 Å². The van der Waals surface area contributed by atoms with Gasteiger partial charge in [0, 0.05) is 28.9 Å². The van der Waals surface area contributed by atoms with Gasteiger partial charge in [0.15, 0.2) is 0 Å². The average Bonchev–Trinajstić information content (AvgIpc) is 3.24. The van der Waals surface area contributed by atoms with E-state index in [1.165, 1.54) is 44.6 Å². The molecule has 0 spiro atoms. The molecule has 1 aliphatic rings. The van der Waals surface area contributed by atoms with E-state index in [4.69, 9.17) is 0 Å². The fourth-order valence-electron chi connectivity index (χ4n) is 3.82. The standard InChI is InChI=1S/C17H13N5O.C8H14/c1-10-8-11(6-7-18-10)12-2-3-13(17-14(12)9-19-22-17)15-4-5-16(23)21-20-15;1-2-4-6-8-7-5-3-1/h2-9H,1H3,(H,19,22)(H,21,23);1-2H,3-8H2. The quantitative estimate of drug-likeness (QED) is 0.420. The molecule has 1 aromatic carbocycles. The number of hydrogen-bond acceptors (Lipinski definition) is 4. The Morgan fingerprint density at radius 3 is 2.35 bits per heavy atom. The first-order chi connectivity index (χ1) is 15.2. The normalized spacial score (nSPS) is 13.8. The van der Waals surface area contributed by atoms with Crippen LogP contribution in [0.5, 0.6) is 0 Å². The highest BCUT2D eigenvalue weighted by molar-refractivity contribution is 6.01. The van der Waals surface area contributed by atoms with Crippen LogP contribution in [0.25, 0.3) is 33.3 Å². The molecular weight excluding hydrogens is 386 g/mol. The van der Waals surface area contributed by atoms with Crippen molar-refractivity contribution >= 4 is 10.9 Å². The molecule has 0 unspecified atom stereocenters. The molecule has 158 valence electrons. The first kappa shape index (κ1) is 20.7. The van der Waals surface area contributed by atoms with Crippen LogP contribution < -0.4 is 5.56 Å². The highest BCUT2D eigenvalue weighted by atomic mass is 16.1. The van der Waals surface area contributed by atoms with Crippen molar-refractivity contribution in [2.45, 2.75) is 45.4 Å². The number of hydrogen-bond donors (Lipinski definition) is 2. The van der Waals surface area contributed by atoms with Crippen molar-refractivity contribution < 1.29 is 0 Å². The third-order valence-electron chi connectivity index (χ3n) is 5.44. The number of H-pyrrole nitrogens is 2. The van der Waals surface area contributed by atoms with Crippen molar-refractivity contribution in [3.8, 4) is 22.4 Å². The highest BCUT2D eigenvalue weighted by Gasteiger charge is 2.12. The zero-order valence-electron chi connectivity index (χ0n) is 17.8. The van der Waals surface area contributed by atoms with Crippen LogP contribution in [0.15, 0.2) is 65.7 Å². The van der Waals surface area contributed by atoms with Gasteiger partial charge in [0.05, 0.1) is 17.4 Å². The summed E-state index contributed by atoms with van der Waals surface area (Å²) in [6.45, 7) is 1.97. The molecule has 6 nitrogen and oxygen atoms in total. The van der Waals surface area contributed by atoms with E-state index in [-0.39, 0.29) is 5.56 Å². The summed E-state index contributed by atoms with van der Waals surface area (Å²) in [4.78, 5) is 15.4. The average molecular weight is 414 g/mol. The van der Waals surface area contributed by atoms with Crippen LogP contribution in [0.4, 0.5) is 0 Å². The van der Waals surface area contributed by atoms with Gasteiger partial charge < -0.3 is 0 Å². The lowest BCUT2D eigenvalue weighted by Gasteiger charge is -2.07. The third-order valence-corrected chi connectivity index (χ3v) is 5.44. The van der Waals surface area contributed by atoms with E-state index < -0.39 is 0 Å². The first-order valence-electron chi connectivity index (χ1n) is 10.8. The minimum absolute atomic E-state index is 0.224. The number of pyridine rings is 1. The molecule has 0 aliphatic heterocycles. The van der Waals surface area contributed by atoms with Crippen LogP contribution >= 0.6 is 0 Å². The fourth-order valence-corrected chi connectivity index (χ4v) is 3.82. The Hall–Kier alpha value is -3.54. The van der Waals surface area contributed by atoms with E-state index in [1.807, 2.05) is 31.2 Å². The number of aryl methyl sites for hydroxylation is 1. The molecule has 0 saturated heterocycles. The monoisotopic (exact) mass is 413 g/mol. The van der Waals surface area contributed by atoms with Crippen LogP contribution in [0.3, 0.4) is 0 Å². The molecule has 6 heteroatoms. The fraction of sp³-hybridized carbons (Fsp3) is 0.280. The number of benzene rings is 1. The summed E-state index contributed by atoms with van der Waals surface area (Å²) in [6.07, 6.45) is 16.6. The Balaban J connectivity index is 0.000000245. The summed E-state index contributed by atoms with van der Waals surface area (Å²) >= 11 is 0. The maximum absolute atomic E-state index is 11.2. The summed E-state index contributed by atoms with van der Waals surface area (Å²) in [7, 11) is 0. The van der Waals surface area contributed by atoms with E-state index in [0.717, 1.165) is 33.3 Å². The summed E-state index contributed by atoms with van der Waals surface area (Å²) < 4.78 is 0. The summed E-state index contributed by atoms with van der Waals surface area (Å²) in [5.74, 6) is 0. The maximum Gasteiger partial charge on any atom is 0.264 e. The molecule has 0 radical (unpaired) electrons. The van der Waals surface area contributed by atoms with Crippen molar-refractivity contribution in [2.75, 3.05) is 0 Å². The molecule has 0 amide bonds. The zero-order chi connectivity index (χ0) is 21.5. The Labute approximate surface area is 181 Å². The van der Waals surface area contributed by atoms with E-state index in [2.05, 4.69) is 37.5 Å². The lowest BCUT2D eigenvalue weighted by atomic mass is 9.98. The van der Waals surface area contributed by atoms with Crippen LogP contribution in [0, 0.1) is 6.92 Å². The van der Waals surface area contributed by atoms with E-state index in [9.17, 15) is 4.79 Å². The first-order valence-corrected chi connectivity index (χ1v) is 10.8. The summed E-state index contributed by atoms with van der Waals surface area (Å²) in [5, 5.41) is 14.8. The predicted octanol–water partition coefficient (Wildman–Crippen LogP) is 5.58. The van der Waals surface area contributed by atoms with Crippen molar-refractivity contribution in [2.24, 2.45) is 0 Å². The molecule has 4 aromatic rings. The Kier molecular flexibility index (Phi) is 6.67. The summed E-state index contributed by atoms with van der Waals surface area (Å²) in [6, 6.07) is 11.2.